The molecule has 1 aromatic carbocycles. The van der Waals surface area contributed by atoms with Crippen molar-refractivity contribution in [2.45, 2.75) is 26.3 Å². The van der Waals surface area contributed by atoms with Gasteiger partial charge in [0.25, 0.3) is 0 Å². The Kier molecular flexibility index (Phi) is 4.98. The highest BCUT2D eigenvalue weighted by Gasteiger charge is 2.28. The van der Waals surface area contributed by atoms with Gasteiger partial charge in [0.15, 0.2) is 0 Å². The van der Waals surface area contributed by atoms with Crippen molar-refractivity contribution in [1.29, 1.82) is 0 Å². The molecule has 1 saturated heterocycles. The topological polar surface area (TPSA) is 15.3 Å². The van der Waals surface area contributed by atoms with E-state index in [1.165, 1.54) is 32.0 Å². The third kappa shape index (κ3) is 4.01. The minimum Gasteiger partial charge on any atom is -0.312 e. The van der Waals surface area contributed by atoms with Crippen molar-refractivity contribution in [3.05, 3.63) is 34.1 Å². The van der Waals surface area contributed by atoms with E-state index in [9.17, 15) is 4.39 Å². The van der Waals surface area contributed by atoms with Gasteiger partial charge in [0, 0.05) is 13.1 Å². The van der Waals surface area contributed by atoms with Gasteiger partial charge in [0.05, 0.1) is 4.47 Å². The van der Waals surface area contributed by atoms with E-state index in [4.69, 9.17) is 0 Å². The van der Waals surface area contributed by atoms with Gasteiger partial charge in [0.1, 0.15) is 5.82 Å². The molecule has 1 aliphatic heterocycles. The summed E-state index contributed by atoms with van der Waals surface area (Å²) >= 11 is 3.31. The molecule has 4 heteroatoms. The van der Waals surface area contributed by atoms with E-state index >= 15 is 0 Å². The Hall–Kier alpha value is -0.450. The molecule has 2 nitrogen and oxygen atoms in total. The summed E-state index contributed by atoms with van der Waals surface area (Å²) < 4.78 is 14.0. The summed E-state index contributed by atoms with van der Waals surface area (Å²) in [4.78, 5) is 2.38. The fraction of sp³-hybridized carbons (Fsp3) is 0.600. The number of piperidine rings is 1. The number of nitrogens with zero attached hydrogens (tertiary/aromatic N) is 1. The van der Waals surface area contributed by atoms with Crippen LogP contribution < -0.4 is 5.32 Å². The van der Waals surface area contributed by atoms with Gasteiger partial charge in [-0.3, -0.25) is 0 Å². The quantitative estimate of drug-likeness (QED) is 0.911. The Labute approximate surface area is 123 Å². The SMILES string of the molecule is CN1CCC(C)(CNCc2cccc(F)c2Br)CC1. The van der Waals surface area contributed by atoms with Crippen molar-refractivity contribution in [1.82, 2.24) is 10.2 Å². The smallest absolute Gasteiger partial charge is 0.137 e. The van der Waals surface area contributed by atoms with Gasteiger partial charge in [-0.2, -0.15) is 0 Å². The predicted octanol–water partition coefficient (Wildman–Crippen LogP) is 3.41. The lowest BCUT2D eigenvalue weighted by Crippen LogP contribution is -2.41. The zero-order valence-corrected chi connectivity index (χ0v) is 13.3. The van der Waals surface area contributed by atoms with E-state index in [-0.39, 0.29) is 5.82 Å². The summed E-state index contributed by atoms with van der Waals surface area (Å²) in [7, 11) is 2.18. The predicted molar refractivity (Wildman–Crippen MR) is 80.6 cm³/mol. The minimum atomic E-state index is -0.190. The number of hydrogen-bond acceptors (Lipinski definition) is 2. The van der Waals surface area contributed by atoms with Crippen LogP contribution in [0.25, 0.3) is 0 Å². The summed E-state index contributed by atoms with van der Waals surface area (Å²) in [6.07, 6.45) is 2.45. The molecule has 2 rings (SSSR count). The van der Waals surface area contributed by atoms with E-state index in [0.29, 0.717) is 16.4 Å². The molecule has 0 spiro atoms. The van der Waals surface area contributed by atoms with Crippen molar-refractivity contribution in [3.8, 4) is 0 Å². The van der Waals surface area contributed by atoms with Gasteiger partial charge < -0.3 is 10.2 Å². The Morgan fingerprint density at radius 1 is 1.37 bits per heavy atom. The van der Waals surface area contributed by atoms with Crippen molar-refractivity contribution < 1.29 is 4.39 Å². The molecule has 0 amide bonds. The first-order chi connectivity index (χ1) is 9.00. The van der Waals surface area contributed by atoms with Gasteiger partial charge in [-0.05, 0) is 66.0 Å². The van der Waals surface area contributed by atoms with E-state index in [2.05, 4.69) is 40.1 Å². The van der Waals surface area contributed by atoms with Crippen LogP contribution in [0.1, 0.15) is 25.3 Å². The van der Waals surface area contributed by atoms with E-state index < -0.39 is 0 Å². The van der Waals surface area contributed by atoms with Crippen LogP contribution in [0.3, 0.4) is 0 Å². The Balaban J connectivity index is 1.85. The highest BCUT2D eigenvalue weighted by atomic mass is 79.9. The number of hydrogen-bond donors (Lipinski definition) is 1. The second-order valence-electron chi connectivity index (χ2n) is 5.93. The largest absolute Gasteiger partial charge is 0.312 e. The second kappa shape index (κ2) is 6.33. The molecular weight excluding hydrogens is 307 g/mol. The van der Waals surface area contributed by atoms with Crippen molar-refractivity contribution in [3.63, 3.8) is 0 Å². The minimum absolute atomic E-state index is 0.190. The highest BCUT2D eigenvalue weighted by Crippen LogP contribution is 2.29. The lowest BCUT2D eigenvalue weighted by atomic mass is 9.80. The second-order valence-corrected chi connectivity index (χ2v) is 6.72. The molecule has 0 atom stereocenters. The lowest BCUT2D eigenvalue weighted by molar-refractivity contribution is 0.137. The van der Waals surface area contributed by atoms with Crippen LogP contribution in [0.15, 0.2) is 22.7 Å². The van der Waals surface area contributed by atoms with Gasteiger partial charge in [-0.15, -0.1) is 0 Å². The van der Waals surface area contributed by atoms with Crippen LogP contribution in [0.5, 0.6) is 0 Å². The third-order valence-corrected chi connectivity index (χ3v) is 4.98. The molecule has 19 heavy (non-hydrogen) atoms. The molecule has 0 bridgehead atoms. The van der Waals surface area contributed by atoms with Crippen molar-refractivity contribution in [2.75, 3.05) is 26.7 Å². The van der Waals surface area contributed by atoms with Crippen LogP contribution in [-0.2, 0) is 6.54 Å². The fourth-order valence-electron chi connectivity index (χ4n) is 2.52. The molecular formula is C15H22BrFN2. The van der Waals surface area contributed by atoms with Crippen LogP contribution in [0.2, 0.25) is 0 Å². The van der Waals surface area contributed by atoms with E-state index in [0.717, 1.165) is 12.1 Å². The Morgan fingerprint density at radius 2 is 2.05 bits per heavy atom. The number of halogens is 2. The van der Waals surface area contributed by atoms with Crippen LogP contribution in [0.4, 0.5) is 4.39 Å². The molecule has 0 aromatic heterocycles. The average Bonchev–Trinajstić information content (AvgIpc) is 2.39. The first-order valence-corrected chi connectivity index (χ1v) is 7.62. The van der Waals surface area contributed by atoms with Gasteiger partial charge in [0.2, 0.25) is 0 Å². The number of likely N-dealkylation sites (tertiary alicyclic amines) is 1. The van der Waals surface area contributed by atoms with Crippen LogP contribution in [0, 0.1) is 11.2 Å². The highest BCUT2D eigenvalue weighted by molar-refractivity contribution is 9.10. The molecule has 0 saturated carbocycles. The van der Waals surface area contributed by atoms with Crippen molar-refractivity contribution >= 4 is 15.9 Å². The average molecular weight is 329 g/mol. The summed E-state index contributed by atoms with van der Waals surface area (Å²) in [5, 5.41) is 3.48. The van der Waals surface area contributed by atoms with Crippen LogP contribution in [-0.4, -0.2) is 31.6 Å². The molecule has 1 aromatic rings. The maximum Gasteiger partial charge on any atom is 0.137 e. The summed E-state index contributed by atoms with van der Waals surface area (Å²) in [6, 6.07) is 5.19. The van der Waals surface area contributed by atoms with Crippen molar-refractivity contribution in [2.24, 2.45) is 5.41 Å². The number of nitrogens with one attached hydrogen (secondary N) is 1. The van der Waals surface area contributed by atoms with Gasteiger partial charge >= 0.3 is 0 Å². The maximum absolute atomic E-state index is 13.4. The number of benzene rings is 1. The molecule has 0 aliphatic carbocycles. The normalized spacial score (nSPS) is 19.6. The molecule has 0 radical (unpaired) electrons. The fourth-order valence-corrected chi connectivity index (χ4v) is 2.92. The number of rotatable bonds is 4. The molecule has 106 valence electrons. The first kappa shape index (κ1) is 14.9. The van der Waals surface area contributed by atoms with Gasteiger partial charge in [-0.25, -0.2) is 4.39 Å². The maximum atomic E-state index is 13.4. The molecule has 1 aliphatic rings. The summed E-state index contributed by atoms with van der Waals surface area (Å²) in [5.74, 6) is -0.190. The lowest BCUT2D eigenvalue weighted by Gasteiger charge is -2.38. The van der Waals surface area contributed by atoms with Crippen LogP contribution >= 0.6 is 15.9 Å². The Bertz CT molecular complexity index is 428. The molecule has 1 N–H and O–H groups in total. The summed E-state index contributed by atoms with van der Waals surface area (Å²) in [5.41, 5.74) is 1.35. The summed E-state index contributed by atoms with van der Waals surface area (Å²) in [6.45, 7) is 6.38. The molecule has 1 heterocycles. The monoisotopic (exact) mass is 328 g/mol. The Morgan fingerprint density at radius 3 is 2.74 bits per heavy atom. The molecule has 0 unspecified atom stereocenters. The third-order valence-electron chi connectivity index (χ3n) is 4.09. The van der Waals surface area contributed by atoms with E-state index in [1.807, 2.05) is 6.07 Å². The first-order valence-electron chi connectivity index (χ1n) is 6.82. The van der Waals surface area contributed by atoms with E-state index in [1.54, 1.807) is 6.07 Å². The molecule has 1 fully saturated rings. The standard InChI is InChI=1S/C15H22BrFN2/c1-15(6-8-19(2)9-7-15)11-18-10-12-4-3-5-13(17)14(12)16/h3-5,18H,6-11H2,1-2H3. The zero-order valence-electron chi connectivity index (χ0n) is 11.7. The van der Waals surface area contributed by atoms with Gasteiger partial charge in [-0.1, -0.05) is 19.1 Å². The zero-order chi connectivity index (χ0) is 13.9.